The maximum absolute atomic E-state index is 5.86. The fourth-order valence-electron chi connectivity index (χ4n) is 2.02. The fourth-order valence-corrected chi connectivity index (χ4v) is 2.80. The number of nitrogen functional groups attached to an aromatic ring is 1. The molecule has 4 rings (SSSR count). The van der Waals surface area contributed by atoms with Gasteiger partial charge in [0.2, 0.25) is 5.82 Å². The fraction of sp³-hybridized carbons (Fsp3) is 0. The van der Waals surface area contributed by atoms with Gasteiger partial charge in [-0.25, -0.2) is 0 Å². The number of fused-ring (bicyclic) bond motifs is 1. The number of rotatable bonds is 2. The van der Waals surface area contributed by atoms with Gasteiger partial charge < -0.3 is 10.3 Å². The van der Waals surface area contributed by atoms with E-state index in [1.54, 1.807) is 36.0 Å². The van der Waals surface area contributed by atoms with E-state index in [1.807, 2.05) is 17.5 Å². The third kappa shape index (κ3) is 2.03. The second kappa shape index (κ2) is 4.64. The molecule has 0 amide bonds. The molecule has 0 saturated heterocycles. The molecule has 0 fully saturated rings. The van der Waals surface area contributed by atoms with Crippen LogP contribution in [0, 0.1) is 0 Å². The monoisotopic (exact) mass is 295 g/mol. The van der Waals surface area contributed by atoms with E-state index in [1.165, 1.54) is 0 Å². The minimum Gasteiger partial charge on any atom is -0.397 e. The number of hydrogen-bond acceptors (Lipinski definition) is 7. The number of thiophene rings is 1. The Hall–Kier alpha value is -2.80. The highest BCUT2D eigenvalue weighted by atomic mass is 32.1. The average molecular weight is 295 g/mol. The van der Waals surface area contributed by atoms with Gasteiger partial charge in [-0.15, -0.1) is 11.3 Å². The maximum atomic E-state index is 5.86. The smallest absolute Gasteiger partial charge is 0.260 e. The van der Waals surface area contributed by atoms with Crippen LogP contribution < -0.4 is 5.73 Å². The van der Waals surface area contributed by atoms with E-state index in [0.29, 0.717) is 23.0 Å². The highest BCUT2D eigenvalue weighted by molar-refractivity contribution is 7.17. The molecular formula is C14H9N5OS. The Labute approximate surface area is 123 Å². The molecule has 2 N–H and O–H groups in total. The van der Waals surface area contributed by atoms with Crippen molar-refractivity contribution in [2.75, 3.05) is 5.73 Å². The molecular weight excluding hydrogens is 286 g/mol. The molecule has 4 heterocycles. The molecule has 4 aromatic heterocycles. The van der Waals surface area contributed by atoms with Crippen molar-refractivity contribution in [3.05, 3.63) is 42.2 Å². The summed E-state index contributed by atoms with van der Waals surface area (Å²) in [7, 11) is 0. The summed E-state index contributed by atoms with van der Waals surface area (Å²) in [6.07, 6.45) is 4.92. The lowest BCUT2D eigenvalue weighted by atomic mass is 10.2. The molecule has 7 heteroatoms. The molecule has 0 saturated carbocycles. The van der Waals surface area contributed by atoms with E-state index in [4.69, 9.17) is 10.3 Å². The van der Waals surface area contributed by atoms with Crippen molar-refractivity contribution < 1.29 is 4.52 Å². The maximum Gasteiger partial charge on any atom is 0.260 e. The molecule has 0 aliphatic carbocycles. The molecule has 4 aromatic rings. The van der Waals surface area contributed by atoms with Crippen LogP contribution in [-0.2, 0) is 0 Å². The van der Waals surface area contributed by atoms with Gasteiger partial charge in [0.1, 0.15) is 0 Å². The van der Waals surface area contributed by atoms with E-state index in [0.717, 1.165) is 15.8 Å². The summed E-state index contributed by atoms with van der Waals surface area (Å²) in [6.45, 7) is 0. The quantitative estimate of drug-likeness (QED) is 0.611. The van der Waals surface area contributed by atoms with Crippen molar-refractivity contribution >= 4 is 27.2 Å². The van der Waals surface area contributed by atoms with Gasteiger partial charge in [-0.1, -0.05) is 5.16 Å². The van der Waals surface area contributed by atoms with Crippen molar-refractivity contribution in [3.8, 4) is 22.8 Å². The standard InChI is InChI=1S/C14H9N5OS/c15-10-7-16-3-1-9(10)14-18-13(19-20-14)8-5-12-11(17-6-8)2-4-21-12/h1-7H,15H2. The topological polar surface area (TPSA) is 90.7 Å². The lowest BCUT2D eigenvalue weighted by Crippen LogP contribution is -1.91. The summed E-state index contributed by atoms with van der Waals surface area (Å²) in [6, 6.07) is 5.72. The van der Waals surface area contributed by atoms with E-state index in [9.17, 15) is 0 Å². The number of pyridine rings is 2. The Kier molecular flexibility index (Phi) is 2.65. The molecule has 6 nitrogen and oxygen atoms in total. The second-order valence-corrected chi connectivity index (χ2v) is 5.36. The summed E-state index contributed by atoms with van der Waals surface area (Å²) in [5.74, 6) is 0.861. The number of anilines is 1. The van der Waals surface area contributed by atoms with Crippen LogP contribution in [-0.4, -0.2) is 20.1 Å². The molecule has 0 spiro atoms. The van der Waals surface area contributed by atoms with Crippen molar-refractivity contribution in [3.63, 3.8) is 0 Å². The molecule has 0 bridgehead atoms. The van der Waals surface area contributed by atoms with Crippen molar-refractivity contribution in [1.29, 1.82) is 0 Å². The van der Waals surface area contributed by atoms with Crippen LogP contribution in [0.1, 0.15) is 0 Å². The highest BCUT2D eigenvalue weighted by Crippen LogP contribution is 2.27. The molecule has 0 aliphatic rings. The predicted molar refractivity (Wildman–Crippen MR) is 80.6 cm³/mol. The zero-order valence-electron chi connectivity index (χ0n) is 10.7. The van der Waals surface area contributed by atoms with E-state index >= 15 is 0 Å². The van der Waals surface area contributed by atoms with Crippen LogP contribution in [0.15, 0.2) is 46.7 Å². The van der Waals surface area contributed by atoms with Crippen LogP contribution in [0.4, 0.5) is 5.69 Å². The van der Waals surface area contributed by atoms with Crippen molar-refractivity contribution in [2.24, 2.45) is 0 Å². The van der Waals surface area contributed by atoms with Gasteiger partial charge in [-0.05, 0) is 23.6 Å². The molecule has 0 aliphatic heterocycles. The van der Waals surface area contributed by atoms with Crippen LogP contribution >= 0.6 is 11.3 Å². The number of nitrogens with zero attached hydrogens (tertiary/aromatic N) is 4. The lowest BCUT2D eigenvalue weighted by Gasteiger charge is -1.97. The SMILES string of the molecule is Nc1cnccc1-c1nc(-c2cnc3ccsc3c2)no1. The Morgan fingerprint density at radius 1 is 1.19 bits per heavy atom. The summed E-state index contributed by atoms with van der Waals surface area (Å²) >= 11 is 1.62. The largest absolute Gasteiger partial charge is 0.397 e. The van der Waals surface area contributed by atoms with Gasteiger partial charge in [0.25, 0.3) is 5.89 Å². The summed E-state index contributed by atoms with van der Waals surface area (Å²) in [4.78, 5) is 12.7. The molecule has 0 aromatic carbocycles. The van der Waals surface area contributed by atoms with Crippen molar-refractivity contribution in [1.82, 2.24) is 20.1 Å². The molecule has 21 heavy (non-hydrogen) atoms. The Morgan fingerprint density at radius 2 is 2.14 bits per heavy atom. The predicted octanol–water partition coefficient (Wildman–Crippen LogP) is 2.99. The first-order valence-corrected chi connectivity index (χ1v) is 7.06. The molecule has 0 unspecified atom stereocenters. The Balaban J connectivity index is 1.78. The number of hydrogen-bond donors (Lipinski definition) is 1. The van der Waals surface area contributed by atoms with Crippen LogP contribution in [0.2, 0.25) is 0 Å². The first kappa shape index (κ1) is 12.0. The average Bonchev–Trinajstić information content (AvgIpc) is 3.16. The Morgan fingerprint density at radius 3 is 3.05 bits per heavy atom. The van der Waals surface area contributed by atoms with Crippen LogP contribution in [0.5, 0.6) is 0 Å². The van der Waals surface area contributed by atoms with Gasteiger partial charge in [-0.3, -0.25) is 9.97 Å². The van der Waals surface area contributed by atoms with E-state index in [-0.39, 0.29) is 0 Å². The third-order valence-corrected chi connectivity index (χ3v) is 3.92. The van der Waals surface area contributed by atoms with E-state index in [2.05, 4.69) is 20.1 Å². The Bertz CT molecular complexity index is 930. The number of nitrogens with two attached hydrogens (primary N) is 1. The van der Waals surface area contributed by atoms with Crippen LogP contribution in [0.25, 0.3) is 33.1 Å². The molecule has 0 atom stereocenters. The lowest BCUT2D eigenvalue weighted by molar-refractivity contribution is 0.432. The second-order valence-electron chi connectivity index (χ2n) is 4.41. The van der Waals surface area contributed by atoms with Gasteiger partial charge in [-0.2, -0.15) is 4.98 Å². The first-order valence-electron chi connectivity index (χ1n) is 6.18. The van der Waals surface area contributed by atoms with Gasteiger partial charge in [0, 0.05) is 18.0 Å². The normalized spacial score (nSPS) is 11.0. The van der Waals surface area contributed by atoms with Gasteiger partial charge >= 0.3 is 0 Å². The number of aromatic nitrogens is 4. The molecule has 102 valence electrons. The van der Waals surface area contributed by atoms with E-state index < -0.39 is 0 Å². The van der Waals surface area contributed by atoms with Gasteiger partial charge in [0.15, 0.2) is 0 Å². The summed E-state index contributed by atoms with van der Waals surface area (Å²) < 4.78 is 6.37. The summed E-state index contributed by atoms with van der Waals surface area (Å²) in [5, 5.41) is 6.00. The zero-order chi connectivity index (χ0) is 14.2. The molecule has 0 radical (unpaired) electrons. The summed E-state index contributed by atoms with van der Waals surface area (Å²) in [5.41, 5.74) is 8.81. The van der Waals surface area contributed by atoms with Crippen molar-refractivity contribution in [2.45, 2.75) is 0 Å². The van der Waals surface area contributed by atoms with Gasteiger partial charge in [0.05, 0.1) is 27.7 Å². The minimum absolute atomic E-state index is 0.371. The zero-order valence-corrected chi connectivity index (χ0v) is 11.5. The van der Waals surface area contributed by atoms with Crippen LogP contribution in [0.3, 0.4) is 0 Å². The minimum atomic E-state index is 0.371. The first-order chi connectivity index (χ1) is 10.3. The highest BCUT2D eigenvalue weighted by Gasteiger charge is 2.13. The third-order valence-electron chi connectivity index (χ3n) is 3.07.